The monoisotopic (exact) mass is 677 g/mol. The minimum Gasteiger partial charge on any atom is -0.480 e. The van der Waals surface area contributed by atoms with Gasteiger partial charge >= 0.3 is 5.97 Å². The first-order valence-electron chi connectivity index (χ1n) is 15.7. The van der Waals surface area contributed by atoms with Crippen molar-refractivity contribution in [2.24, 2.45) is 28.1 Å². The number of nitrogens with two attached hydrogens (primary N) is 3. The van der Waals surface area contributed by atoms with Crippen LogP contribution in [-0.2, 0) is 30.4 Å². The molecule has 48 heavy (non-hydrogen) atoms. The van der Waals surface area contributed by atoms with Crippen LogP contribution < -0.4 is 33.2 Å². The topological polar surface area (TPSA) is 299 Å². The van der Waals surface area contributed by atoms with Crippen LogP contribution in [-0.4, -0.2) is 105 Å². The van der Waals surface area contributed by atoms with Crippen molar-refractivity contribution < 1.29 is 39.1 Å². The van der Waals surface area contributed by atoms with Gasteiger partial charge in [0.05, 0.1) is 17.1 Å². The van der Waals surface area contributed by atoms with Crippen molar-refractivity contribution in [3.05, 3.63) is 39.9 Å². The van der Waals surface area contributed by atoms with E-state index in [0.717, 1.165) is 0 Å². The average molecular weight is 678 g/mol. The van der Waals surface area contributed by atoms with E-state index in [1.165, 1.54) is 36.1 Å². The molecule has 1 aliphatic rings. The summed E-state index contributed by atoms with van der Waals surface area (Å²) < 4.78 is 0. The molecule has 0 bridgehead atoms. The molecule has 0 saturated carbocycles. The molecule has 1 aromatic rings. The summed E-state index contributed by atoms with van der Waals surface area (Å²) in [4.78, 5) is 80.9. The van der Waals surface area contributed by atoms with Crippen molar-refractivity contribution in [1.82, 2.24) is 20.9 Å². The molecule has 0 spiro atoms. The summed E-state index contributed by atoms with van der Waals surface area (Å²) in [7, 11) is 0. The van der Waals surface area contributed by atoms with Crippen molar-refractivity contribution in [1.29, 1.82) is 0 Å². The fourth-order valence-electron chi connectivity index (χ4n) is 5.23. The number of benzene rings is 1. The molecule has 18 nitrogen and oxygen atoms in total. The van der Waals surface area contributed by atoms with E-state index in [9.17, 15) is 44.3 Å². The van der Waals surface area contributed by atoms with Gasteiger partial charge in [0.1, 0.15) is 18.1 Å². The highest BCUT2D eigenvalue weighted by molar-refractivity contribution is 5.96. The second-order valence-electron chi connectivity index (χ2n) is 12.2. The lowest BCUT2D eigenvalue weighted by Gasteiger charge is -2.31. The first kappa shape index (κ1) is 39.3. The maximum atomic E-state index is 13.9. The Balaban J connectivity index is 2.29. The van der Waals surface area contributed by atoms with Gasteiger partial charge in [0.15, 0.2) is 12.0 Å². The smallest absolute Gasteiger partial charge is 0.328 e. The van der Waals surface area contributed by atoms with Crippen molar-refractivity contribution in [2.45, 2.75) is 95.6 Å². The first-order valence-corrected chi connectivity index (χ1v) is 15.7. The Kier molecular flexibility index (Phi) is 15.1. The Morgan fingerprint density at radius 1 is 1.04 bits per heavy atom. The third-order valence-electron chi connectivity index (χ3n) is 7.73. The van der Waals surface area contributed by atoms with Gasteiger partial charge in [-0.3, -0.25) is 34.3 Å². The molecule has 1 saturated heterocycles. The summed E-state index contributed by atoms with van der Waals surface area (Å²) in [6.45, 7) is 5.29. The fourth-order valence-corrected chi connectivity index (χ4v) is 5.23. The highest BCUT2D eigenvalue weighted by Gasteiger charge is 2.40. The van der Waals surface area contributed by atoms with Gasteiger partial charge in [-0.1, -0.05) is 26.0 Å². The van der Waals surface area contributed by atoms with Crippen LogP contribution in [0.1, 0.15) is 58.4 Å². The molecule has 2 rings (SSSR count). The second-order valence-corrected chi connectivity index (χ2v) is 12.2. The number of nitro benzene ring substituents is 1. The standard InChI is InChI=1S/C30H47N9O9/c1-16(2)14-22(28(44)38-13-5-7-23(38)27(43)37-24(17(3)40)29(45)46)36-26(42)21(15-18-8-10-19(11-9-18)39(47)48)35-25(41)20(31)6-4-12-34-30(32)33/h8-11,16-17,20-24,40H,4-7,12-15,31H2,1-3H3,(H,35,41)(H,36,42)(H,37,43)(H,45,46)(H4,32,33,34)/t17-,20+,21-,22+,23+,24+/m1/s1. The summed E-state index contributed by atoms with van der Waals surface area (Å²) in [5, 5.41) is 37.9. The number of carbonyl (C=O) groups excluding carboxylic acids is 4. The van der Waals surface area contributed by atoms with Crippen molar-refractivity contribution in [2.75, 3.05) is 13.1 Å². The number of aliphatic carboxylic acids is 1. The molecule has 6 atom stereocenters. The van der Waals surface area contributed by atoms with Gasteiger partial charge in [0, 0.05) is 31.6 Å². The minimum atomic E-state index is -1.58. The zero-order valence-corrected chi connectivity index (χ0v) is 27.3. The lowest BCUT2D eigenvalue weighted by Crippen LogP contribution is -2.59. The van der Waals surface area contributed by atoms with Gasteiger partial charge in [-0.05, 0) is 50.5 Å². The van der Waals surface area contributed by atoms with Crippen LogP contribution >= 0.6 is 0 Å². The maximum absolute atomic E-state index is 13.9. The largest absolute Gasteiger partial charge is 0.480 e. The molecular formula is C30H47N9O9. The van der Waals surface area contributed by atoms with Gasteiger partial charge in [0.2, 0.25) is 23.6 Å². The molecule has 0 aliphatic carbocycles. The summed E-state index contributed by atoms with van der Waals surface area (Å²) in [6, 6.07) is -0.592. The van der Waals surface area contributed by atoms with Gasteiger partial charge in [-0.15, -0.1) is 0 Å². The maximum Gasteiger partial charge on any atom is 0.328 e. The normalized spacial score (nSPS) is 17.4. The van der Waals surface area contributed by atoms with Crippen molar-refractivity contribution >= 4 is 41.2 Å². The quantitative estimate of drug-likeness (QED) is 0.0289. The van der Waals surface area contributed by atoms with Crippen molar-refractivity contribution in [3.63, 3.8) is 0 Å². The number of nitrogens with one attached hydrogen (secondary N) is 3. The van der Waals surface area contributed by atoms with E-state index in [1.807, 2.05) is 13.8 Å². The van der Waals surface area contributed by atoms with Crippen LogP contribution in [0.25, 0.3) is 0 Å². The predicted molar refractivity (Wildman–Crippen MR) is 174 cm³/mol. The van der Waals surface area contributed by atoms with Crippen LogP contribution in [0.4, 0.5) is 5.69 Å². The molecule has 266 valence electrons. The van der Waals surface area contributed by atoms with Crippen LogP contribution in [0.5, 0.6) is 0 Å². The lowest BCUT2D eigenvalue weighted by molar-refractivity contribution is -0.384. The van der Waals surface area contributed by atoms with Crippen LogP contribution in [0.15, 0.2) is 29.3 Å². The zero-order valence-electron chi connectivity index (χ0n) is 27.3. The minimum absolute atomic E-state index is 0.0937. The average Bonchev–Trinajstić information content (AvgIpc) is 3.50. The number of hydrogen-bond donors (Lipinski definition) is 8. The molecule has 1 fully saturated rings. The molecule has 1 heterocycles. The summed E-state index contributed by atoms with van der Waals surface area (Å²) in [5.41, 5.74) is 17.0. The van der Waals surface area contributed by atoms with Crippen molar-refractivity contribution in [3.8, 4) is 0 Å². The number of guanidine groups is 1. The number of aliphatic hydroxyl groups is 1. The number of nitrogens with zero attached hydrogens (tertiary/aromatic N) is 3. The number of amides is 4. The van der Waals surface area contributed by atoms with Gasteiger partial charge in [-0.25, -0.2) is 4.79 Å². The van der Waals surface area contributed by atoms with Gasteiger partial charge in [0.25, 0.3) is 5.69 Å². The second kappa shape index (κ2) is 18.5. The Labute approximate surface area is 278 Å². The molecule has 0 unspecified atom stereocenters. The molecular weight excluding hydrogens is 630 g/mol. The molecule has 0 aromatic heterocycles. The molecule has 18 heteroatoms. The van der Waals surface area contributed by atoms with Gasteiger partial charge in [-0.2, -0.15) is 0 Å². The number of rotatable bonds is 18. The SMILES string of the molecule is CC(C)C[C@H](NC(=O)[C@@H](Cc1ccc([N+](=O)[O-])cc1)NC(=O)[C@@H](N)CCCN=C(N)N)C(=O)N1CCC[C@H]1C(=O)N[C@H](C(=O)O)[C@@H](C)O. The first-order chi connectivity index (χ1) is 22.5. The number of carboxylic acids is 1. The number of aliphatic imine (C=N–C) groups is 1. The van der Waals surface area contributed by atoms with E-state index in [1.54, 1.807) is 0 Å². The van der Waals surface area contributed by atoms with E-state index in [-0.39, 0.29) is 56.3 Å². The van der Waals surface area contributed by atoms with Gasteiger partial charge < -0.3 is 48.3 Å². The Morgan fingerprint density at radius 3 is 2.21 bits per heavy atom. The van der Waals surface area contributed by atoms with Crippen LogP contribution in [0, 0.1) is 16.0 Å². The highest BCUT2D eigenvalue weighted by atomic mass is 16.6. The zero-order chi connectivity index (χ0) is 36.1. The summed E-state index contributed by atoms with van der Waals surface area (Å²) >= 11 is 0. The number of likely N-dealkylation sites (tertiary alicyclic amines) is 1. The Morgan fingerprint density at radius 2 is 1.67 bits per heavy atom. The molecule has 1 aromatic carbocycles. The highest BCUT2D eigenvalue weighted by Crippen LogP contribution is 2.21. The molecule has 11 N–H and O–H groups in total. The third kappa shape index (κ3) is 12.1. The van der Waals surface area contributed by atoms with E-state index in [2.05, 4.69) is 20.9 Å². The Hall–Kier alpha value is -4.84. The molecule has 4 amide bonds. The van der Waals surface area contributed by atoms with E-state index in [0.29, 0.717) is 18.4 Å². The predicted octanol–water partition coefficient (Wildman–Crippen LogP) is -1.52. The number of hydrogen-bond acceptors (Lipinski definition) is 10. The number of carbonyl (C=O) groups is 5. The van der Waals surface area contributed by atoms with E-state index >= 15 is 0 Å². The molecule has 1 aliphatic heterocycles. The number of non-ortho nitro benzene ring substituents is 1. The number of carboxylic acid groups (broad SMARTS) is 1. The summed E-state index contributed by atoms with van der Waals surface area (Å²) in [6.07, 6.45) is -0.0541. The van der Waals surface area contributed by atoms with E-state index in [4.69, 9.17) is 17.2 Å². The Bertz CT molecular complexity index is 1330. The number of aliphatic hydroxyl groups excluding tert-OH is 1. The van der Waals surface area contributed by atoms with Crippen LogP contribution in [0.2, 0.25) is 0 Å². The van der Waals surface area contributed by atoms with Crippen LogP contribution in [0.3, 0.4) is 0 Å². The fraction of sp³-hybridized carbons (Fsp3) is 0.600. The molecule has 0 radical (unpaired) electrons. The number of nitro groups is 1. The third-order valence-corrected chi connectivity index (χ3v) is 7.73. The lowest BCUT2D eigenvalue weighted by atomic mass is 9.99. The summed E-state index contributed by atoms with van der Waals surface area (Å²) in [5.74, 6) is -4.35. The van der Waals surface area contributed by atoms with E-state index < -0.39 is 70.8 Å².